The zero-order valence-corrected chi connectivity index (χ0v) is 14.3. The van der Waals surface area contributed by atoms with Gasteiger partial charge in [-0.15, -0.1) is 0 Å². The molecule has 5 heteroatoms. The zero-order valence-electron chi connectivity index (χ0n) is 14.3. The Morgan fingerprint density at radius 1 is 1.04 bits per heavy atom. The Hall–Kier alpha value is -2.66. The Morgan fingerprint density at radius 3 is 2.25 bits per heavy atom. The molecule has 1 atom stereocenters. The van der Waals surface area contributed by atoms with E-state index in [0.717, 1.165) is 0 Å². The van der Waals surface area contributed by atoms with Gasteiger partial charge in [0.15, 0.2) is 6.54 Å². The van der Waals surface area contributed by atoms with Crippen molar-refractivity contribution in [3.63, 3.8) is 0 Å². The Bertz CT molecular complexity index is 682. The molecule has 0 bridgehead atoms. The van der Waals surface area contributed by atoms with Gasteiger partial charge in [0.05, 0.1) is 0 Å². The van der Waals surface area contributed by atoms with Crippen LogP contribution in [-0.4, -0.2) is 37.4 Å². The number of nitrogens with one attached hydrogen (secondary N) is 1. The van der Waals surface area contributed by atoms with Gasteiger partial charge in [0, 0.05) is 30.9 Å². The lowest BCUT2D eigenvalue weighted by atomic mass is 10.1. The first kappa shape index (κ1) is 17.7. The van der Waals surface area contributed by atoms with E-state index in [4.69, 9.17) is 0 Å². The highest BCUT2D eigenvalue weighted by Crippen LogP contribution is 2.11. The molecule has 0 aliphatic heterocycles. The van der Waals surface area contributed by atoms with Crippen LogP contribution in [0.5, 0.6) is 0 Å². The third kappa shape index (κ3) is 4.93. The van der Waals surface area contributed by atoms with Crippen molar-refractivity contribution in [2.45, 2.75) is 13.0 Å². The van der Waals surface area contributed by atoms with Gasteiger partial charge in [-0.25, -0.2) is 0 Å². The van der Waals surface area contributed by atoms with Gasteiger partial charge in [0.25, 0.3) is 11.8 Å². The average molecular weight is 326 g/mol. The molecule has 0 saturated heterocycles. The second kappa shape index (κ2) is 8.26. The highest BCUT2D eigenvalue weighted by molar-refractivity contribution is 5.95. The molecule has 2 rings (SSSR count). The predicted octanol–water partition coefficient (Wildman–Crippen LogP) is 1.65. The van der Waals surface area contributed by atoms with Gasteiger partial charge in [-0.3, -0.25) is 9.59 Å². The number of carbonyl (C=O) groups excluding carboxylic acids is 2. The molecular weight excluding hydrogens is 302 g/mol. The smallest absolute Gasteiger partial charge is 0.279 e. The molecule has 0 heterocycles. The van der Waals surface area contributed by atoms with Crippen LogP contribution in [0.4, 0.5) is 5.69 Å². The summed E-state index contributed by atoms with van der Waals surface area (Å²) in [5.41, 5.74) is 2.48. The predicted molar refractivity (Wildman–Crippen MR) is 94.7 cm³/mol. The first-order valence-electron chi connectivity index (χ1n) is 7.97. The van der Waals surface area contributed by atoms with Gasteiger partial charge >= 0.3 is 0 Å². The van der Waals surface area contributed by atoms with E-state index in [-0.39, 0.29) is 17.9 Å². The van der Waals surface area contributed by atoms with Crippen LogP contribution in [0.2, 0.25) is 0 Å². The van der Waals surface area contributed by atoms with Gasteiger partial charge in [0.2, 0.25) is 0 Å². The summed E-state index contributed by atoms with van der Waals surface area (Å²) in [6.45, 7) is 2.42. The largest absolute Gasteiger partial charge is 0.345 e. The Labute approximate surface area is 142 Å². The van der Waals surface area contributed by atoms with Crippen LogP contribution in [0.3, 0.4) is 0 Å². The molecule has 126 valence electrons. The maximum Gasteiger partial charge on any atom is 0.279 e. The second-order valence-corrected chi connectivity index (χ2v) is 5.96. The van der Waals surface area contributed by atoms with Crippen LogP contribution in [0.25, 0.3) is 0 Å². The number of amides is 2. The van der Waals surface area contributed by atoms with Crippen molar-refractivity contribution in [1.82, 2.24) is 4.90 Å². The Kier molecular flexibility index (Phi) is 6.09. The van der Waals surface area contributed by atoms with E-state index in [1.54, 1.807) is 38.4 Å². The maximum absolute atomic E-state index is 12.1. The minimum absolute atomic E-state index is 0.0575. The minimum Gasteiger partial charge on any atom is -0.345 e. The van der Waals surface area contributed by atoms with E-state index in [1.165, 1.54) is 10.5 Å². The van der Waals surface area contributed by atoms with Crippen molar-refractivity contribution in [1.29, 1.82) is 0 Å². The van der Waals surface area contributed by atoms with Crippen LogP contribution in [0.1, 0.15) is 28.9 Å². The number of benzene rings is 2. The van der Waals surface area contributed by atoms with Crippen LogP contribution in [-0.2, 0) is 4.79 Å². The molecule has 5 nitrogen and oxygen atoms in total. The van der Waals surface area contributed by atoms with Gasteiger partial charge in [-0.1, -0.05) is 30.3 Å². The molecule has 2 aromatic carbocycles. The SMILES string of the molecule is C[C@H]([NH2+]CC(=O)Nc1ccc(C(=O)N(C)C)cc1)c1ccccc1. The number of nitrogens with two attached hydrogens (primary N) is 1. The topological polar surface area (TPSA) is 66.0 Å². The molecule has 0 saturated carbocycles. The van der Waals surface area contributed by atoms with Crippen LogP contribution in [0.15, 0.2) is 54.6 Å². The monoisotopic (exact) mass is 326 g/mol. The lowest BCUT2D eigenvalue weighted by Gasteiger charge is -2.12. The van der Waals surface area contributed by atoms with Crippen molar-refractivity contribution >= 4 is 17.5 Å². The fraction of sp³-hybridized carbons (Fsp3) is 0.263. The average Bonchev–Trinajstić information content (AvgIpc) is 2.60. The highest BCUT2D eigenvalue weighted by atomic mass is 16.2. The van der Waals surface area contributed by atoms with Crippen molar-refractivity contribution in [3.8, 4) is 0 Å². The molecule has 0 fully saturated rings. The molecule has 0 aliphatic carbocycles. The maximum atomic E-state index is 12.1. The molecule has 3 N–H and O–H groups in total. The van der Waals surface area contributed by atoms with E-state index in [2.05, 4.69) is 24.4 Å². The Balaban J connectivity index is 1.85. The summed E-state index contributed by atoms with van der Waals surface area (Å²) in [6.07, 6.45) is 0. The first-order chi connectivity index (χ1) is 11.5. The van der Waals surface area contributed by atoms with Crippen molar-refractivity contribution in [2.24, 2.45) is 0 Å². The minimum atomic E-state index is -0.0653. The van der Waals surface area contributed by atoms with E-state index in [9.17, 15) is 9.59 Å². The number of hydrogen-bond acceptors (Lipinski definition) is 2. The lowest BCUT2D eigenvalue weighted by molar-refractivity contribution is -0.682. The van der Waals surface area contributed by atoms with Gasteiger partial charge in [-0.2, -0.15) is 0 Å². The van der Waals surface area contributed by atoms with Crippen LogP contribution < -0.4 is 10.6 Å². The molecule has 2 aromatic rings. The zero-order chi connectivity index (χ0) is 17.5. The third-order valence-electron chi connectivity index (χ3n) is 3.80. The molecule has 0 aromatic heterocycles. The first-order valence-corrected chi connectivity index (χ1v) is 7.97. The number of rotatable bonds is 6. The van der Waals surface area contributed by atoms with Crippen molar-refractivity contribution < 1.29 is 14.9 Å². The summed E-state index contributed by atoms with van der Waals surface area (Å²) in [6, 6.07) is 17.2. The van der Waals surface area contributed by atoms with Crippen molar-refractivity contribution in [3.05, 3.63) is 65.7 Å². The summed E-state index contributed by atoms with van der Waals surface area (Å²) < 4.78 is 0. The molecule has 0 radical (unpaired) electrons. The van der Waals surface area contributed by atoms with Gasteiger partial charge < -0.3 is 15.5 Å². The molecule has 24 heavy (non-hydrogen) atoms. The van der Waals surface area contributed by atoms with E-state index in [0.29, 0.717) is 17.8 Å². The number of hydrogen-bond donors (Lipinski definition) is 2. The number of carbonyl (C=O) groups is 2. The van der Waals surface area contributed by atoms with Gasteiger partial charge in [0.1, 0.15) is 6.04 Å². The van der Waals surface area contributed by atoms with E-state index in [1.807, 2.05) is 23.5 Å². The number of anilines is 1. The molecular formula is C19H24N3O2+. The molecule has 0 unspecified atom stereocenters. The second-order valence-electron chi connectivity index (χ2n) is 5.96. The quantitative estimate of drug-likeness (QED) is 0.848. The third-order valence-corrected chi connectivity index (χ3v) is 3.80. The summed E-state index contributed by atoms with van der Waals surface area (Å²) in [5.74, 6) is -0.123. The molecule has 0 aliphatic rings. The lowest BCUT2D eigenvalue weighted by Crippen LogP contribution is -2.86. The fourth-order valence-corrected chi connectivity index (χ4v) is 2.34. The summed E-state index contributed by atoms with van der Waals surface area (Å²) in [4.78, 5) is 25.4. The van der Waals surface area contributed by atoms with Crippen LogP contribution in [0, 0.1) is 0 Å². The van der Waals surface area contributed by atoms with Crippen molar-refractivity contribution in [2.75, 3.05) is 26.0 Å². The standard InChI is InChI=1S/C19H23N3O2/c1-14(15-7-5-4-6-8-15)20-13-18(23)21-17-11-9-16(10-12-17)19(24)22(2)3/h4-12,14,20H,13H2,1-3H3,(H,21,23)/p+1/t14-/m0/s1. The normalized spacial score (nSPS) is 11.6. The fourth-order valence-electron chi connectivity index (χ4n) is 2.34. The Morgan fingerprint density at radius 2 is 1.67 bits per heavy atom. The summed E-state index contributed by atoms with van der Waals surface area (Å²) in [5, 5.41) is 4.84. The highest BCUT2D eigenvalue weighted by Gasteiger charge is 2.12. The van der Waals surface area contributed by atoms with Crippen LogP contribution >= 0.6 is 0 Å². The van der Waals surface area contributed by atoms with Gasteiger partial charge in [-0.05, 0) is 31.2 Å². The molecule has 2 amide bonds. The summed E-state index contributed by atoms with van der Waals surface area (Å²) >= 11 is 0. The number of nitrogens with zero attached hydrogens (tertiary/aromatic N) is 1. The van der Waals surface area contributed by atoms with E-state index >= 15 is 0 Å². The van der Waals surface area contributed by atoms with E-state index < -0.39 is 0 Å². The number of quaternary nitrogens is 1. The molecule has 0 spiro atoms. The summed E-state index contributed by atoms with van der Waals surface area (Å²) in [7, 11) is 3.42.